The van der Waals surface area contributed by atoms with Crippen LogP contribution in [0.4, 0.5) is 5.82 Å². The van der Waals surface area contributed by atoms with Crippen LogP contribution < -0.4 is 5.32 Å². The first-order valence-corrected chi connectivity index (χ1v) is 8.21. The normalized spacial score (nSPS) is 10.7. The molecule has 0 spiro atoms. The molecule has 0 aliphatic heterocycles. The standard InChI is InChI=1S/C16H13Cl2N5O3/c17-11-4-2-1-3-10(11)7-23-8-12(18)15(21-23)19-16(26)13-5-6-22(20-13)9-14(24)25/h1-6,8H,7,9H2,(H,24,25)(H,19,21,26). The molecule has 0 atom stereocenters. The number of amides is 1. The van der Waals surface area contributed by atoms with Crippen molar-refractivity contribution in [3.8, 4) is 0 Å². The third-order valence-electron chi connectivity index (χ3n) is 3.41. The zero-order chi connectivity index (χ0) is 18.7. The molecular formula is C16H13Cl2N5O3. The van der Waals surface area contributed by atoms with E-state index in [2.05, 4.69) is 15.5 Å². The SMILES string of the molecule is O=C(O)Cn1ccc(C(=O)Nc2nn(Cc3ccccc3Cl)cc2Cl)n1. The first-order chi connectivity index (χ1) is 12.4. The third kappa shape index (κ3) is 4.22. The smallest absolute Gasteiger partial charge is 0.325 e. The van der Waals surface area contributed by atoms with Gasteiger partial charge in [0.2, 0.25) is 0 Å². The summed E-state index contributed by atoms with van der Waals surface area (Å²) in [5, 5.41) is 20.3. The van der Waals surface area contributed by atoms with E-state index in [1.165, 1.54) is 12.3 Å². The van der Waals surface area contributed by atoms with Crippen molar-refractivity contribution in [3.05, 3.63) is 64.0 Å². The number of anilines is 1. The summed E-state index contributed by atoms with van der Waals surface area (Å²) in [4.78, 5) is 22.9. The summed E-state index contributed by atoms with van der Waals surface area (Å²) < 4.78 is 2.71. The minimum atomic E-state index is -1.05. The van der Waals surface area contributed by atoms with Crippen LogP contribution in [-0.4, -0.2) is 36.5 Å². The Morgan fingerprint density at radius 1 is 1.08 bits per heavy atom. The van der Waals surface area contributed by atoms with Gasteiger partial charge < -0.3 is 10.4 Å². The van der Waals surface area contributed by atoms with Gasteiger partial charge in [0.1, 0.15) is 11.6 Å². The number of aliphatic carboxylic acids is 1. The fraction of sp³-hybridized carbons (Fsp3) is 0.125. The maximum absolute atomic E-state index is 12.2. The zero-order valence-electron chi connectivity index (χ0n) is 13.3. The molecular weight excluding hydrogens is 381 g/mol. The monoisotopic (exact) mass is 393 g/mol. The van der Waals surface area contributed by atoms with Crippen LogP contribution in [0, 0.1) is 0 Å². The van der Waals surface area contributed by atoms with Gasteiger partial charge in [0, 0.05) is 17.4 Å². The van der Waals surface area contributed by atoms with Crippen molar-refractivity contribution in [3.63, 3.8) is 0 Å². The molecule has 1 amide bonds. The Balaban J connectivity index is 1.71. The minimum absolute atomic E-state index is 0.0583. The zero-order valence-corrected chi connectivity index (χ0v) is 14.8. The van der Waals surface area contributed by atoms with Crippen LogP contribution in [0.3, 0.4) is 0 Å². The molecule has 0 aliphatic carbocycles. The summed E-state index contributed by atoms with van der Waals surface area (Å²) in [6, 6.07) is 8.75. The van der Waals surface area contributed by atoms with Gasteiger partial charge in [0.15, 0.2) is 11.5 Å². The summed E-state index contributed by atoms with van der Waals surface area (Å²) in [7, 11) is 0. The van der Waals surface area contributed by atoms with Gasteiger partial charge in [-0.2, -0.15) is 10.2 Å². The molecule has 3 aromatic rings. The molecule has 3 rings (SSSR count). The molecule has 2 heterocycles. The van der Waals surface area contributed by atoms with Crippen molar-refractivity contribution in [2.45, 2.75) is 13.1 Å². The predicted molar refractivity (Wildman–Crippen MR) is 95.6 cm³/mol. The number of nitrogens with one attached hydrogen (secondary N) is 1. The second kappa shape index (κ2) is 7.59. The van der Waals surface area contributed by atoms with E-state index < -0.39 is 11.9 Å². The van der Waals surface area contributed by atoms with Crippen LogP contribution in [0.1, 0.15) is 16.1 Å². The molecule has 2 N–H and O–H groups in total. The van der Waals surface area contributed by atoms with Crippen molar-refractivity contribution >= 4 is 40.9 Å². The Bertz CT molecular complexity index is 966. The number of nitrogens with zero attached hydrogens (tertiary/aromatic N) is 4. The van der Waals surface area contributed by atoms with Crippen LogP contribution in [0.15, 0.2) is 42.7 Å². The van der Waals surface area contributed by atoms with Crippen LogP contribution in [0.2, 0.25) is 10.0 Å². The van der Waals surface area contributed by atoms with Gasteiger partial charge in [-0.25, -0.2) is 0 Å². The average Bonchev–Trinajstić information content (AvgIpc) is 3.16. The molecule has 0 fully saturated rings. The number of rotatable bonds is 6. The summed E-state index contributed by atoms with van der Waals surface area (Å²) >= 11 is 12.2. The van der Waals surface area contributed by atoms with Gasteiger partial charge in [-0.15, -0.1) is 0 Å². The van der Waals surface area contributed by atoms with Gasteiger partial charge in [-0.3, -0.25) is 19.0 Å². The molecule has 0 unspecified atom stereocenters. The van der Waals surface area contributed by atoms with Gasteiger partial charge in [0.05, 0.1) is 6.54 Å². The van der Waals surface area contributed by atoms with Crippen molar-refractivity contribution in [1.29, 1.82) is 0 Å². The average molecular weight is 394 g/mol. The molecule has 0 saturated carbocycles. The lowest BCUT2D eigenvalue weighted by atomic mass is 10.2. The van der Waals surface area contributed by atoms with Crippen LogP contribution in [-0.2, 0) is 17.9 Å². The Hall–Kier alpha value is -2.84. The molecule has 1 aromatic carbocycles. The Labute approximate surface area is 157 Å². The maximum atomic E-state index is 12.2. The number of benzene rings is 1. The fourth-order valence-corrected chi connectivity index (χ4v) is 2.64. The lowest BCUT2D eigenvalue weighted by Crippen LogP contribution is -2.15. The second-order valence-corrected chi connectivity index (χ2v) is 6.18. The quantitative estimate of drug-likeness (QED) is 0.670. The van der Waals surface area contributed by atoms with Crippen LogP contribution in [0.5, 0.6) is 0 Å². The number of carboxylic acid groups (broad SMARTS) is 1. The molecule has 26 heavy (non-hydrogen) atoms. The van der Waals surface area contributed by atoms with E-state index in [4.69, 9.17) is 28.3 Å². The number of hydrogen-bond donors (Lipinski definition) is 2. The van der Waals surface area contributed by atoms with Gasteiger partial charge in [-0.1, -0.05) is 41.4 Å². The number of aromatic nitrogens is 4. The molecule has 134 valence electrons. The summed E-state index contributed by atoms with van der Waals surface area (Å²) in [5.41, 5.74) is 0.918. The highest BCUT2D eigenvalue weighted by molar-refractivity contribution is 6.33. The van der Waals surface area contributed by atoms with E-state index in [1.54, 1.807) is 16.9 Å². The molecule has 0 bridgehead atoms. The third-order valence-corrected chi connectivity index (χ3v) is 4.06. The highest BCUT2D eigenvalue weighted by Gasteiger charge is 2.15. The Morgan fingerprint density at radius 2 is 1.85 bits per heavy atom. The number of carbonyl (C=O) groups is 2. The van der Waals surface area contributed by atoms with E-state index in [-0.39, 0.29) is 23.1 Å². The topological polar surface area (TPSA) is 102 Å². The minimum Gasteiger partial charge on any atom is -0.480 e. The lowest BCUT2D eigenvalue weighted by Gasteiger charge is -2.04. The van der Waals surface area contributed by atoms with E-state index >= 15 is 0 Å². The van der Waals surface area contributed by atoms with Crippen molar-refractivity contribution in [1.82, 2.24) is 19.6 Å². The first kappa shape index (κ1) is 18.0. The molecule has 8 nitrogen and oxygen atoms in total. The maximum Gasteiger partial charge on any atom is 0.325 e. The van der Waals surface area contributed by atoms with Crippen molar-refractivity contribution in [2.24, 2.45) is 0 Å². The highest BCUT2D eigenvalue weighted by atomic mass is 35.5. The Kier molecular flexibility index (Phi) is 5.24. The highest BCUT2D eigenvalue weighted by Crippen LogP contribution is 2.22. The van der Waals surface area contributed by atoms with Gasteiger partial charge in [-0.05, 0) is 17.7 Å². The first-order valence-electron chi connectivity index (χ1n) is 7.45. The molecule has 10 heteroatoms. The van der Waals surface area contributed by atoms with Crippen LogP contribution >= 0.6 is 23.2 Å². The molecule has 0 radical (unpaired) electrons. The van der Waals surface area contributed by atoms with Crippen molar-refractivity contribution in [2.75, 3.05) is 5.32 Å². The van der Waals surface area contributed by atoms with E-state index in [9.17, 15) is 9.59 Å². The van der Waals surface area contributed by atoms with E-state index in [0.29, 0.717) is 11.6 Å². The fourth-order valence-electron chi connectivity index (χ4n) is 2.24. The summed E-state index contributed by atoms with van der Waals surface area (Å²) in [6.07, 6.45) is 2.98. The van der Waals surface area contributed by atoms with Crippen molar-refractivity contribution < 1.29 is 14.7 Å². The second-order valence-electron chi connectivity index (χ2n) is 5.36. The number of carbonyl (C=O) groups excluding carboxylic acids is 1. The van der Waals surface area contributed by atoms with Crippen LogP contribution in [0.25, 0.3) is 0 Å². The van der Waals surface area contributed by atoms with Gasteiger partial charge in [0.25, 0.3) is 5.91 Å². The lowest BCUT2D eigenvalue weighted by molar-refractivity contribution is -0.137. The number of hydrogen-bond acceptors (Lipinski definition) is 4. The largest absolute Gasteiger partial charge is 0.480 e. The number of carboxylic acids is 1. The molecule has 0 saturated heterocycles. The summed E-state index contributed by atoms with van der Waals surface area (Å²) in [6.45, 7) is 0.0585. The number of halogens is 2. The molecule has 2 aromatic heterocycles. The predicted octanol–water partition coefficient (Wildman–Crippen LogP) is 2.77. The molecule has 0 aliphatic rings. The van der Waals surface area contributed by atoms with E-state index in [1.807, 2.05) is 18.2 Å². The Morgan fingerprint density at radius 3 is 2.58 bits per heavy atom. The van der Waals surface area contributed by atoms with E-state index in [0.717, 1.165) is 10.2 Å². The summed E-state index contributed by atoms with van der Waals surface area (Å²) in [5.74, 6) is -1.42. The van der Waals surface area contributed by atoms with Gasteiger partial charge >= 0.3 is 5.97 Å².